The van der Waals surface area contributed by atoms with Crippen LogP contribution in [0.5, 0.6) is 0 Å². The molecule has 1 aromatic heterocycles. The van der Waals surface area contributed by atoms with E-state index in [0.29, 0.717) is 43.9 Å². The van der Waals surface area contributed by atoms with Crippen molar-refractivity contribution in [2.45, 2.75) is 35.5 Å². The highest BCUT2D eigenvalue weighted by atomic mass is 32.2. The van der Waals surface area contributed by atoms with Crippen molar-refractivity contribution in [1.82, 2.24) is 10.2 Å². The van der Waals surface area contributed by atoms with Gasteiger partial charge in [0.2, 0.25) is 0 Å². The van der Waals surface area contributed by atoms with E-state index < -0.39 is 15.7 Å². The lowest BCUT2D eigenvalue weighted by Crippen LogP contribution is -2.25. The number of carbonyl (C=O) groups is 1. The lowest BCUT2D eigenvalue weighted by Gasteiger charge is -2.10. The molecule has 0 unspecified atom stereocenters. The zero-order valence-corrected chi connectivity index (χ0v) is 15.8. The fourth-order valence-corrected chi connectivity index (χ4v) is 4.48. The second-order valence-electron chi connectivity index (χ2n) is 6.71. The van der Waals surface area contributed by atoms with Gasteiger partial charge >= 0.3 is 0 Å². The van der Waals surface area contributed by atoms with Crippen molar-refractivity contribution in [1.29, 1.82) is 0 Å². The van der Waals surface area contributed by atoms with Gasteiger partial charge < -0.3 is 14.9 Å². The van der Waals surface area contributed by atoms with Gasteiger partial charge in [0, 0.05) is 24.2 Å². The van der Waals surface area contributed by atoms with Crippen molar-refractivity contribution in [3.8, 4) is 0 Å². The molecular formula is C18H20N4O5S. The summed E-state index contributed by atoms with van der Waals surface area (Å²) in [7, 11) is -3.30. The second-order valence-corrected chi connectivity index (χ2v) is 8.94. The molecule has 1 saturated carbocycles. The summed E-state index contributed by atoms with van der Waals surface area (Å²) >= 11 is 0. The van der Waals surface area contributed by atoms with E-state index in [2.05, 4.69) is 20.7 Å². The minimum absolute atomic E-state index is 0.0327. The monoisotopic (exact) mass is 404 g/mol. The third-order valence-corrected chi connectivity index (χ3v) is 6.84. The van der Waals surface area contributed by atoms with Crippen molar-refractivity contribution in [3.05, 3.63) is 42.1 Å². The smallest absolute Gasteiger partial charge is 0.279 e. The molecule has 1 aromatic carbocycles. The summed E-state index contributed by atoms with van der Waals surface area (Å²) in [4.78, 5) is 18.4. The Morgan fingerprint density at radius 3 is 2.61 bits per heavy atom. The molecule has 148 valence electrons. The number of aromatic amines is 1. The molecule has 2 fully saturated rings. The summed E-state index contributed by atoms with van der Waals surface area (Å²) in [6.07, 6.45) is 3.44. The number of anilines is 1. The highest BCUT2D eigenvalue weighted by Gasteiger charge is 2.36. The summed E-state index contributed by atoms with van der Waals surface area (Å²) in [5, 5.41) is 12.9. The number of H-pyrrole nitrogens is 1. The molecule has 1 atom stereocenters. The molecule has 1 aliphatic heterocycles. The van der Waals surface area contributed by atoms with Crippen molar-refractivity contribution in [2.75, 3.05) is 18.5 Å². The standard InChI is InChI=1S/C18H20N4O5S/c23-18(20-16-7-9-19-21-16)17(22-27-13-8-10-26-11-13)12-1-3-14(4-2-12)28(24,25)15-5-6-15/h1-4,7,9,13,15H,5-6,8,10-11H2,(H2,19,20,21,23)/b22-17+/t13-/m1/s1. The molecule has 2 N–H and O–H groups in total. The number of aromatic nitrogens is 2. The van der Waals surface area contributed by atoms with Crippen LogP contribution in [0, 0.1) is 0 Å². The van der Waals surface area contributed by atoms with Crippen LogP contribution in [-0.4, -0.2) is 54.8 Å². The lowest BCUT2D eigenvalue weighted by molar-refractivity contribution is -0.110. The van der Waals surface area contributed by atoms with Crippen LogP contribution in [0.1, 0.15) is 24.8 Å². The summed E-state index contributed by atoms with van der Waals surface area (Å²) < 4.78 is 30.0. The third-order valence-electron chi connectivity index (χ3n) is 4.56. The molecular weight excluding hydrogens is 384 g/mol. The van der Waals surface area contributed by atoms with Gasteiger partial charge in [-0.25, -0.2) is 8.42 Å². The number of amides is 1. The zero-order valence-electron chi connectivity index (χ0n) is 15.0. The Morgan fingerprint density at radius 2 is 2.00 bits per heavy atom. The van der Waals surface area contributed by atoms with E-state index in [9.17, 15) is 13.2 Å². The van der Waals surface area contributed by atoms with E-state index in [4.69, 9.17) is 9.57 Å². The molecule has 0 bridgehead atoms. The van der Waals surface area contributed by atoms with Gasteiger partial charge in [-0.15, -0.1) is 0 Å². The molecule has 0 spiro atoms. The highest BCUT2D eigenvalue weighted by Crippen LogP contribution is 2.33. The van der Waals surface area contributed by atoms with Crippen LogP contribution in [0.25, 0.3) is 0 Å². The normalized spacial score (nSPS) is 20.1. The third kappa shape index (κ3) is 4.07. The van der Waals surface area contributed by atoms with Crippen LogP contribution in [0.15, 0.2) is 46.6 Å². The number of nitrogens with one attached hydrogen (secondary N) is 2. The minimum Gasteiger partial charge on any atom is -0.389 e. The van der Waals surface area contributed by atoms with Gasteiger partial charge in [0.15, 0.2) is 27.5 Å². The number of benzene rings is 1. The number of hydrogen-bond donors (Lipinski definition) is 2. The molecule has 28 heavy (non-hydrogen) atoms. The average molecular weight is 404 g/mol. The van der Waals surface area contributed by atoms with Crippen LogP contribution >= 0.6 is 0 Å². The largest absolute Gasteiger partial charge is 0.389 e. The molecule has 1 saturated heterocycles. The Bertz CT molecular complexity index is 960. The first-order valence-corrected chi connectivity index (χ1v) is 10.6. The van der Waals surface area contributed by atoms with Crippen LogP contribution in [0.3, 0.4) is 0 Å². The predicted molar refractivity (Wildman–Crippen MR) is 101 cm³/mol. The number of nitrogens with zero attached hydrogens (tertiary/aromatic N) is 2. The molecule has 4 rings (SSSR count). The van der Waals surface area contributed by atoms with Crippen molar-refractivity contribution < 1.29 is 22.8 Å². The Labute approximate surface area is 162 Å². The first kappa shape index (κ1) is 18.6. The molecule has 1 amide bonds. The van der Waals surface area contributed by atoms with Gasteiger partial charge in [-0.3, -0.25) is 9.89 Å². The quantitative estimate of drug-likeness (QED) is 0.532. The van der Waals surface area contributed by atoms with Crippen molar-refractivity contribution in [3.63, 3.8) is 0 Å². The van der Waals surface area contributed by atoms with Gasteiger partial charge in [-0.05, 0) is 25.0 Å². The number of hydrogen-bond acceptors (Lipinski definition) is 7. The van der Waals surface area contributed by atoms with Crippen LogP contribution in [-0.2, 0) is 24.2 Å². The van der Waals surface area contributed by atoms with E-state index in [-0.39, 0.29) is 22.0 Å². The SMILES string of the molecule is O=C(Nc1cc[nH]n1)/C(=N/O[C@@H]1CCOC1)c1ccc(S(=O)(=O)C2CC2)cc1. The number of carbonyl (C=O) groups excluding carboxylic acids is 1. The van der Waals surface area contributed by atoms with Crippen LogP contribution in [0.2, 0.25) is 0 Å². The minimum atomic E-state index is -3.30. The molecule has 10 heteroatoms. The van der Waals surface area contributed by atoms with E-state index in [1.807, 2.05) is 0 Å². The van der Waals surface area contributed by atoms with Gasteiger partial charge in [0.25, 0.3) is 5.91 Å². The Morgan fingerprint density at radius 1 is 1.21 bits per heavy atom. The first-order chi connectivity index (χ1) is 13.5. The van der Waals surface area contributed by atoms with Gasteiger partial charge in [0.05, 0.1) is 23.4 Å². The molecule has 0 radical (unpaired) electrons. The molecule has 9 nitrogen and oxygen atoms in total. The van der Waals surface area contributed by atoms with Crippen molar-refractivity contribution in [2.24, 2.45) is 5.16 Å². The maximum Gasteiger partial charge on any atom is 0.279 e. The first-order valence-electron chi connectivity index (χ1n) is 9.01. The maximum atomic E-state index is 12.7. The molecule has 1 aliphatic carbocycles. The predicted octanol–water partition coefficient (Wildman–Crippen LogP) is 1.49. The van der Waals surface area contributed by atoms with Gasteiger partial charge in [0.1, 0.15) is 0 Å². The Balaban J connectivity index is 1.58. The molecule has 2 aromatic rings. The van der Waals surface area contributed by atoms with E-state index in [1.54, 1.807) is 24.4 Å². The number of sulfone groups is 1. The van der Waals surface area contributed by atoms with Gasteiger partial charge in [-0.1, -0.05) is 17.3 Å². The second kappa shape index (κ2) is 7.72. The van der Waals surface area contributed by atoms with Crippen LogP contribution < -0.4 is 5.32 Å². The number of oxime groups is 1. The summed E-state index contributed by atoms with van der Waals surface area (Å²) in [6.45, 7) is 0.999. The molecule has 2 heterocycles. The van der Waals surface area contributed by atoms with E-state index in [1.165, 1.54) is 12.1 Å². The molecule has 2 aliphatic rings. The fourth-order valence-electron chi connectivity index (χ4n) is 2.83. The van der Waals surface area contributed by atoms with Crippen molar-refractivity contribution >= 4 is 27.3 Å². The topological polar surface area (TPSA) is 123 Å². The van der Waals surface area contributed by atoms with Gasteiger partial charge in [-0.2, -0.15) is 5.10 Å². The number of ether oxygens (including phenoxy) is 1. The average Bonchev–Trinajstić information content (AvgIpc) is 3.20. The summed E-state index contributed by atoms with van der Waals surface area (Å²) in [6, 6.07) is 7.73. The Hall–Kier alpha value is -2.72. The number of rotatable bonds is 7. The lowest BCUT2D eigenvalue weighted by atomic mass is 10.1. The highest BCUT2D eigenvalue weighted by molar-refractivity contribution is 7.92. The summed E-state index contributed by atoms with van der Waals surface area (Å²) in [5.74, 6) is -0.168. The summed E-state index contributed by atoms with van der Waals surface area (Å²) in [5.41, 5.74) is 0.479. The zero-order chi connectivity index (χ0) is 19.6. The fraction of sp³-hybridized carbons (Fsp3) is 0.389. The van der Waals surface area contributed by atoms with E-state index >= 15 is 0 Å². The van der Waals surface area contributed by atoms with Crippen LogP contribution in [0.4, 0.5) is 5.82 Å². The van der Waals surface area contributed by atoms with E-state index in [0.717, 1.165) is 0 Å². The Kier molecular flexibility index (Phi) is 5.14. The maximum absolute atomic E-state index is 12.7.